The van der Waals surface area contributed by atoms with Gasteiger partial charge in [-0.05, 0) is 37.3 Å². The Morgan fingerprint density at radius 1 is 1.24 bits per heavy atom. The maximum Gasteiger partial charge on any atom is 0.317 e. The van der Waals surface area contributed by atoms with Gasteiger partial charge in [-0.2, -0.15) is 0 Å². The lowest BCUT2D eigenvalue weighted by Crippen LogP contribution is -2.53. The zero-order valence-electron chi connectivity index (χ0n) is 14.9. The minimum absolute atomic E-state index is 0.00173. The quantitative estimate of drug-likeness (QED) is 0.891. The molecule has 1 aromatic carbocycles. The van der Waals surface area contributed by atoms with Gasteiger partial charge >= 0.3 is 6.03 Å². The summed E-state index contributed by atoms with van der Waals surface area (Å²) in [4.78, 5) is 16.9. The number of carbonyl (C=O) groups is 1. The lowest BCUT2D eigenvalue weighted by molar-refractivity contribution is 0.0451. The van der Waals surface area contributed by atoms with Gasteiger partial charge in [0.2, 0.25) is 0 Å². The summed E-state index contributed by atoms with van der Waals surface area (Å²) in [6.45, 7) is 8.36. The number of ether oxygens (including phenoxy) is 1. The van der Waals surface area contributed by atoms with Crippen LogP contribution in [0.4, 0.5) is 4.79 Å². The van der Waals surface area contributed by atoms with Crippen LogP contribution in [0.15, 0.2) is 24.3 Å². The van der Waals surface area contributed by atoms with Gasteiger partial charge in [-0.3, -0.25) is 4.90 Å². The van der Waals surface area contributed by atoms with E-state index in [0.717, 1.165) is 70.3 Å². The number of piperazine rings is 1. The molecule has 2 amide bonds. The van der Waals surface area contributed by atoms with Crippen molar-refractivity contribution in [3.63, 3.8) is 0 Å². The maximum atomic E-state index is 12.5. The van der Waals surface area contributed by atoms with Gasteiger partial charge in [-0.15, -0.1) is 0 Å². The monoisotopic (exact) mass is 365 g/mol. The molecule has 0 unspecified atom stereocenters. The van der Waals surface area contributed by atoms with Crippen LogP contribution in [-0.2, 0) is 4.74 Å². The second-order valence-electron chi connectivity index (χ2n) is 7.04. The molecule has 1 N–H and O–H groups in total. The highest BCUT2D eigenvalue weighted by Crippen LogP contribution is 2.22. The van der Waals surface area contributed by atoms with Crippen molar-refractivity contribution in [1.29, 1.82) is 0 Å². The van der Waals surface area contributed by atoms with Gasteiger partial charge in [0.15, 0.2) is 0 Å². The molecule has 6 heteroatoms. The number of amides is 2. The van der Waals surface area contributed by atoms with Crippen LogP contribution in [0.25, 0.3) is 0 Å². The summed E-state index contributed by atoms with van der Waals surface area (Å²) in [7, 11) is 0. The topological polar surface area (TPSA) is 44.8 Å². The second kappa shape index (κ2) is 8.88. The number of benzene rings is 1. The van der Waals surface area contributed by atoms with Crippen molar-refractivity contribution in [2.45, 2.75) is 25.8 Å². The Labute approximate surface area is 155 Å². The van der Waals surface area contributed by atoms with Crippen molar-refractivity contribution in [2.24, 2.45) is 5.92 Å². The van der Waals surface area contributed by atoms with E-state index in [4.69, 9.17) is 16.3 Å². The first-order chi connectivity index (χ1) is 12.1. The third kappa shape index (κ3) is 5.09. The minimum atomic E-state index is -0.0959. The van der Waals surface area contributed by atoms with Gasteiger partial charge in [0.25, 0.3) is 0 Å². The Morgan fingerprint density at radius 2 is 1.92 bits per heavy atom. The number of nitrogens with one attached hydrogen (secondary N) is 1. The van der Waals surface area contributed by atoms with E-state index < -0.39 is 0 Å². The van der Waals surface area contributed by atoms with E-state index in [1.807, 2.05) is 36.1 Å². The largest absolute Gasteiger partial charge is 0.381 e. The number of carbonyl (C=O) groups excluding carboxylic acids is 1. The van der Waals surface area contributed by atoms with E-state index in [2.05, 4.69) is 10.2 Å². The Hall–Kier alpha value is -1.30. The first kappa shape index (κ1) is 18.5. The van der Waals surface area contributed by atoms with Crippen molar-refractivity contribution < 1.29 is 9.53 Å². The molecule has 2 fully saturated rings. The first-order valence-corrected chi connectivity index (χ1v) is 9.61. The molecule has 2 heterocycles. The van der Waals surface area contributed by atoms with E-state index in [1.54, 1.807) is 0 Å². The van der Waals surface area contributed by atoms with Crippen LogP contribution < -0.4 is 5.32 Å². The van der Waals surface area contributed by atoms with Gasteiger partial charge in [0.1, 0.15) is 0 Å². The summed E-state index contributed by atoms with van der Waals surface area (Å²) in [6, 6.07) is 7.56. The summed E-state index contributed by atoms with van der Waals surface area (Å²) < 4.78 is 5.43. The average Bonchev–Trinajstić information content (AvgIpc) is 2.63. The third-order valence-electron chi connectivity index (χ3n) is 5.23. The van der Waals surface area contributed by atoms with Crippen molar-refractivity contribution in [2.75, 3.05) is 45.9 Å². The van der Waals surface area contributed by atoms with Gasteiger partial charge in [-0.25, -0.2) is 4.79 Å². The summed E-state index contributed by atoms with van der Waals surface area (Å²) in [5.41, 5.74) is 0.954. The zero-order valence-corrected chi connectivity index (χ0v) is 15.7. The summed E-state index contributed by atoms with van der Waals surface area (Å²) >= 11 is 6.22. The number of urea groups is 1. The van der Waals surface area contributed by atoms with Crippen molar-refractivity contribution in [3.8, 4) is 0 Å². The Kier molecular flexibility index (Phi) is 6.57. The molecule has 138 valence electrons. The second-order valence-corrected chi connectivity index (χ2v) is 7.44. The molecular weight excluding hydrogens is 338 g/mol. The maximum absolute atomic E-state index is 12.5. The highest BCUT2D eigenvalue weighted by molar-refractivity contribution is 6.31. The van der Waals surface area contributed by atoms with Crippen LogP contribution in [0.1, 0.15) is 31.4 Å². The summed E-state index contributed by atoms with van der Waals surface area (Å²) in [6.07, 6.45) is 2.33. The normalized spacial score (nSPS) is 21.1. The Morgan fingerprint density at radius 3 is 2.60 bits per heavy atom. The molecule has 0 aliphatic carbocycles. The fraction of sp³-hybridized carbons (Fsp3) is 0.632. The van der Waals surface area contributed by atoms with Crippen molar-refractivity contribution in [1.82, 2.24) is 15.1 Å². The number of hydrogen-bond acceptors (Lipinski definition) is 3. The predicted octanol–water partition coefficient (Wildman–Crippen LogP) is 3.15. The zero-order chi connectivity index (χ0) is 17.6. The van der Waals surface area contributed by atoms with Gasteiger partial charge in [0.05, 0.1) is 6.04 Å². The predicted molar refractivity (Wildman–Crippen MR) is 100.0 cm³/mol. The molecule has 25 heavy (non-hydrogen) atoms. The standard InChI is InChI=1S/C19H28ClN3O2/c1-15(17-4-2-3-5-18(17)20)21-19(24)23-10-8-22(9-11-23)14-16-6-12-25-13-7-16/h2-5,15-16H,6-14H2,1H3,(H,21,24)/t15-/m0/s1. The van der Waals surface area contributed by atoms with Gasteiger partial charge < -0.3 is 15.0 Å². The molecule has 0 bridgehead atoms. The molecule has 2 saturated heterocycles. The summed E-state index contributed by atoms with van der Waals surface area (Å²) in [5, 5.41) is 3.76. The van der Waals surface area contributed by atoms with Crippen LogP contribution in [0, 0.1) is 5.92 Å². The van der Waals surface area contributed by atoms with Crippen LogP contribution in [0.5, 0.6) is 0 Å². The summed E-state index contributed by atoms with van der Waals surface area (Å²) in [5.74, 6) is 0.745. The average molecular weight is 366 g/mol. The van der Waals surface area contributed by atoms with E-state index >= 15 is 0 Å². The van der Waals surface area contributed by atoms with Crippen molar-refractivity contribution >= 4 is 17.6 Å². The fourth-order valence-corrected chi connectivity index (χ4v) is 3.91. The molecular formula is C19H28ClN3O2. The molecule has 0 aromatic heterocycles. The lowest BCUT2D eigenvalue weighted by atomic mass is 9.99. The van der Waals surface area contributed by atoms with E-state index in [-0.39, 0.29) is 12.1 Å². The number of rotatable bonds is 4. The first-order valence-electron chi connectivity index (χ1n) is 9.23. The Balaban J connectivity index is 1.44. The van der Waals surface area contributed by atoms with Crippen LogP contribution in [0.3, 0.4) is 0 Å². The molecule has 1 atom stereocenters. The minimum Gasteiger partial charge on any atom is -0.381 e. The van der Waals surface area contributed by atoms with Crippen LogP contribution in [0.2, 0.25) is 5.02 Å². The molecule has 2 aliphatic heterocycles. The molecule has 2 aliphatic rings. The fourth-order valence-electron chi connectivity index (χ4n) is 3.61. The number of hydrogen-bond donors (Lipinski definition) is 1. The lowest BCUT2D eigenvalue weighted by Gasteiger charge is -2.37. The molecule has 0 saturated carbocycles. The smallest absolute Gasteiger partial charge is 0.317 e. The van der Waals surface area contributed by atoms with E-state index in [9.17, 15) is 4.79 Å². The van der Waals surface area contributed by atoms with E-state index in [0.29, 0.717) is 5.02 Å². The molecule has 5 nitrogen and oxygen atoms in total. The van der Waals surface area contributed by atoms with Gasteiger partial charge in [-0.1, -0.05) is 29.8 Å². The number of halogens is 1. The molecule has 0 radical (unpaired) electrons. The highest BCUT2D eigenvalue weighted by Gasteiger charge is 2.25. The van der Waals surface area contributed by atoms with Gasteiger partial charge in [0, 0.05) is 51.0 Å². The van der Waals surface area contributed by atoms with Crippen molar-refractivity contribution in [3.05, 3.63) is 34.9 Å². The molecule has 3 rings (SSSR count). The number of nitrogens with zero attached hydrogens (tertiary/aromatic N) is 2. The van der Waals surface area contributed by atoms with Crippen LogP contribution in [-0.4, -0.2) is 61.8 Å². The molecule has 0 spiro atoms. The Bertz CT molecular complexity index is 570. The molecule has 1 aromatic rings. The third-order valence-corrected chi connectivity index (χ3v) is 5.57. The SMILES string of the molecule is C[C@H](NC(=O)N1CCN(CC2CCOCC2)CC1)c1ccccc1Cl. The van der Waals surface area contributed by atoms with Crippen LogP contribution >= 0.6 is 11.6 Å². The highest BCUT2D eigenvalue weighted by atomic mass is 35.5. The van der Waals surface area contributed by atoms with E-state index in [1.165, 1.54) is 0 Å².